The van der Waals surface area contributed by atoms with Crippen LogP contribution in [0, 0.1) is 5.82 Å². The van der Waals surface area contributed by atoms with E-state index in [9.17, 15) is 8.60 Å². The molecular weight excluding hydrogens is 285 g/mol. The van der Waals surface area contributed by atoms with Crippen molar-refractivity contribution < 1.29 is 8.60 Å². The summed E-state index contributed by atoms with van der Waals surface area (Å²) in [7, 11) is -1.19. The molecule has 0 aliphatic carbocycles. The molecule has 0 heterocycles. The average molecular weight is 298 g/mol. The van der Waals surface area contributed by atoms with Gasteiger partial charge in [0.05, 0.1) is 15.8 Å². The standard InChI is InChI=1S/C14H13ClFNOS/c15-13-9-12(5-6-14(13)16)19(18)8-7-10-1-3-11(17)4-2-10/h1-6,9H,7-8,17H2. The molecule has 2 nitrogen and oxygen atoms in total. The van der Waals surface area contributed by atoms with E-state index in [1.54, 1.807) is 0 Å². The highest BCUT2D eigenvalue weighted by Crippen LogP contribution is 2.19. The monoisotopic (exact) mass is 297 g/mol. The number of aryl methyl sites for hydroxylation is 1. The SMILES string of the molecule is Nc1ccc(CCS(=O)c2ccc(F)c(Cl)c2)cc1. The fraction of sp³-hybridized carbons (Fsp3) is 0.143. The molecule has 2 aromatic carbocycles. The summed E-state index contributed by atoms with van der Waals surface area (Å²) >= 11 is 5.67. The summed E-state index contributed by atoms with van der Waals surface area (Å²) in [5, 5.41) is -0.00154. The minimum atomic E-state index is -1.19. The van der Waals surface area contributed by atoms with Crippen molar-refractivity contribution in [3.8, 4) is 0 Å². The molecule has 0 bridgehead atoms. The van der Waals surface area contributed by atoms with Gasteiger partial charge in [-0.3, -0.25) is 4.21 Å². The van der Waals surface area contributed by atoms with Gasteiger partial charge in [0.1, 0.15) is 5.82 Å². The number of rotatable bonds is 4. The van der Waals surface area contributed by atoms with Gasteiger partial charge < -0.3 is 5.73 Å². The second-order valence-electron chi connectivity index (χ2n) is 4.12. The summed E-state index contributed by atoms with van der Waals surface area (Å²) < 4.78 is 25.1. The van der Waals surface area contributed by atoms with Gasteiger partial charge in [-0.05, 0) is 42.3 Å². The molecule has 0 spiro atoms. The van der Waals surface area contributed by atoms with Crippen LogP contribution in [0.3, 0.4) is 0 Å². The van der Waals surface area contributed by atoms with Crippen molar-refractivity contribution in [2.45, 2.75) is 11.3 Å². The van der Waals surface area contributed by atoms with Gasteiger partial charge in [0.2, 0.25) is 0 Å². The largest absolute Gasteiger partial charge is 0.399 e. The van der Waals surface area contributed by atoms with Crippen LogP contribution in [-0.2, 0) is 17.2 Å². The average Bonchev–Trinajstić information content (AvgIpc) is 2.41. The Morgan fingerprint density at radius 2 is 1.84 bits per heavy atom. The van der Waals surface area contributed by atoms with Crippen LogP contribution in [0.2, 0.25) is 5.02 Å². The molecule has 2 aromatic rings. The molecule has 0 fully saturated rings. The van der Waals surface area contributed by atoms with Crippen LogP contribution >= 0.6 is 11.6 Å². The molecule has 100 valence electrons. The topological polar surface area (TPSA) is 43.1 Å². The van der Waals surface area contributed by atoms with E-state index >= 15 is 0 Å². The van der Waals surface area contributed by atoms with Crippen molar-refractivity contribution in [1.82, 2.24) is 0 Å². The summed E-state index contributed by atoms with van der Waals surface area (Å²) in [6, 6.07) is 11.6. The van der Waals surface area contributed by atoms with Gasteiger partial charge in [0.15, 0.2) is 0 Å². The number of nitrogens with two attached hydrogens (primary N) is 1. The van der Waals surface area contributed by atoms with E-state index in [0.29, 0.717) is 22.8 Å². The van der Waals surface area contributed by atoms with Crippen LogP contribution in [0.15, 0.2) is 47.4 Å². The van der Waals surface area contributed by atoms with E-state index < -0.39 is 16.6 Å². The van der Waals surface area contributed by atoms with Crippen molar-refractivity contribution in [3.63, 3.8) is 0 Å². The third-order valence-corrected chi connectivity index (χ3v) is 4.35. The summed E-state index contributed by atoms with van der Waals surface area (Å²) in [4.78, 5) is 0.543. The molecular formula is C14H13ClFNOS. The Labute approximate surface area is 118 Å². The summed E-state index contributed by atoms with van der Waals surface area (Å²) in [6.45, 7) is 0. The van der Waals surface area contributed by atoms with Gasteiger partial charge in [-0.1, -0.05) is 23.7 Å². The summed E-state index contributed by atoms with van der Waals surface area (Å²) in [5.74, 6) is -0.0350. The minimum Gasteiger partial charge on any atom is -0.399 e. The zero-order valence-electron chi connectivity index (χ0n) is 10.1. The van der Waals surface area contributed by atoms with Crippen LogP contribution in [0.4, 0.5) is 10.1 Å². The van der Waals surface area contributed by atoms with Crippen molar-refractivity contribution in [1.29, 1.82) is 0 Å². The number of hydrogen-bond donors (Lipinski definition) is 1. The van der Waals surface area contributed by atoms with Crippen LogP contribution in [0.1, 0.15) is 5.56 Å². The highest BCUT2D eigenvalue weighted by Gasteiger charge is 2.07. The molecule has 0 saturated heterocycles. The maximum absolute atomic E-state index is 13.0. The lowest BCUT2D eigenvalue weighted by Gasteiger charge is -2.04. The first-order chi connectivity index (χ1) is 9.06. The van der Waals surface area contributed by atoms with Crippen LogP contribution in [0.25, 0.3) is 0 Å². The third kappa shape index (κ3) is 3.78. The molecule has 19 heavy (non-hydrogen) atoms. The fourth-order valence-corrected chi connectivity index (χ4v) is 3.00. The number of halogens is 2. The van der Waals surface area contributed by atoms with Gasteiger partial charge in [-0.15, -0.1) is 0 Å². The van der Waals surface area contributed by atoms with Crippen LogP contribution in [-0.4, -0.2) is 9.96 Å². The lowest BCUT2D eigenvalue weighted by molar-refractivity contribution is 0.626. The Kier molecular flexibility index (Phi) is 4.56. The predicted molar refractivity (Wildman–Crippen MR) is 77.2 cm³/mol. The molecule has 2 N–H and O–H groups in total. The molecule has 0 aliphatic heterocycles. The Morgan fingerprint density at radius 3 is 2.47 bits per heavy atom. The number of anilines is 1. The maximum Gasteiger partial charge on any atom is 0.141 e. The first kappa shape index (κ1) is 14.0. The number of nitrogen functional groups attached to an aromatic ring is 1. The Hall–Kier alpha value is -1.39. The Balaban J connectivity index is 2.01. The van der Waals surface area contributed by atoms with E-state index in [-0.39, 0.29) is 5.02 Å². The molecule has 0 aliphatic rings. The molecule has 1 atom stereocenters. The van der Waals surface area contributed by atoms with E-state index in [4.69, 9.17) is 17.3 Å². The second kappa shape index (κ2) is 6.17. The third-order valence-electron chi connectivity index (χ3n) is 2.71. The van der Waals surface area contributed by atoms with Crippen molar-refractivity contribution in [2.24, 2.45) is 0 Å². The predicted octanol–water partition coefficient (Wildman–Crippen LogP) is 3.41. The molecule has 0 aromatic heterocycles. The fourth-order valence-electron chi connectivity index (χ4n) is 1.63. The quantitative estimate of drug-likeness (QED) is 0.879. The van der Waals surface area contributed by atoms with Crippen LogP contribution in [0.5, 0.6) is 0 Å². The van der Waals surface area contributed by atoms with E-state index in [1.807, 2.05) is 24.3 Å². The lowest BCUT2D eigenvalue weighted by atomic mass is 10.2. The zero-order chi connectivity index (χ0) is 13.8. The van der Waals surface area contributed by atoms with E-state index in [1.165, 1.54) is 18.2 Å². The molecule has 5 heteroatoms. The van der Waals surface area contributed by atoms with Crippen molar-refractivity contribution >= 4 is 28.1 Å². The second-order valence-corrected chi connectivity index (χ2v) is 6.10. The highest BCUT2D eigenvalue weighted by molar-refractivity contribution is 7.85. The smallest absolute Gasteiger partial charge is 0.141 e. The summed E-state index contributed by atoms with van der Waals surface area (Å²) in [5.41, 5.74) is 7.36. The molecule has 0 saturated carbocycles. The van der Waals surface area contributed by atoms with Crippen molar-refractivity contribution in [3.05, 3.63) is 58.9 Å². The summed E-state index contributed by atoms with van der Waals surface area (Å²) in [6.07, 6.45) is 0.669. The first-order valence-electron chi connectivity index (χ1n) is 5.74. The number of hydrogen-bond acceptors (Lipinski definition) is 2. The minimum absolute atomic E-state index is 0.00154. The van der Waals surface area contributed by atoms with Crippen molar-refractivity contribution in [2.75, 3.05) is 11.5 Å². The number of benzene rings is 2. The normalized spacial score (nSPS) is 12.3. The van der Waals surface area contributed by atoms with Gasteiger partial charge in [-0.25, -0.2) is 4.39 Å². The Morgan fingerprint density at radius 1 is 1.16 bits per heavy atom. The lowest BCUT2D eigenvalue weighted by Crippen LogP contribution is -2.02. The molecule has 2 rings (SSSR count). The zero-order valence-corrected chi connectivity index (χ0v) is 11.7. The Bertz CT molecular complexity index is 601. The molecule has 1 unspecified atom stereocenters. The maximum atomic E-state index is 13.0. The first-order valence-corrected chi connectivity index (χ1v) is 7.44. The van der Waals surface area contributed by atoms with Gasteiger partial charge in [0, 0.05) is 16.3 Å². The van der Waals surface area contributed by atoms with Crippen LogP contribution < -0.4 is 5.73 Å². The van der Waals surface area contributed by atoms with Gasteiger partial charge in [0.25, 0.3) is 0 Å². The highest BCUT2D eigenvalue weighted by atomic mass is 35.5. The molecule has 0 amide bonds. The van der Waals surface area contributed by atoms with E-state index in [2.05, 4.69) is 0 Å². The van der Waals surface area contributed by atoms with E-state index in [0.717, 1.165) is 5.56 Å². The van der Waals surface area contributed by atoms with Gasteiger partial charge >= 0.3 is 0 Å². The molecule has 0 radical (unpaired) electrons. The van der Waals surface area contributed by atoms with Gasteiger partial charge in [-0.2, -0.15) is 0 Å².